The number of aromatic hydroxyl groups is 1. The van der Waals surface area contributed by atoms with Crippen molar-refractivity contribution < 1.29 is 9.50 Å². The number of nitrogens with one attached hydrogen (secondary N) is 1. The zero-order chi connectivity index (χ0) is 19.7. The fraction of sp³-hybridized carbons (Fsp3) is 0.111. The summed E-state index contributed by atoms with van der Waals surface area (Å²) in [7, 11) is 0. The Hall–Kier alpha value is -3.09. The van der Waals surface area contributed by atoms with Gasteiger partial charge in [0.25, 0.3) is 5.56 Å². The maximum Gasteiger partial charge on any atom is 0.264 e. The molecule has 0 amide bonds. The number of nitriles is 1. The highest BCUT2D eigenvalue weighted by Gasteiger charge is 2.15. The Balaban J connectivity index is 2.15. The largest absolute Gasteiger partial charge is 0.494 e. The first kappa shape index (κ1) is 18.7. The third-order valence-corrected chi connectivity index (χ3v) is 5.40. The summed E-state index contributed by atoms with van der Waals surface area (Å²) in [5, 5.41) is 20.3. The molecule has 0 saturated heterocycles. The average Bonchev–Trinajstić information content (AvgIpc) is 2.89. The molecule has 6 nitrogen and oxygen atoms in total. The Morgan fingerprint density at radius 2 is 2.04 bits per heavy atom. The Kier molecular flexibility index (Phi) is 5.03. The van der Waals surface area contributed by atoms with Crippen LogP contribution in [0, 0.1) is 35.8 Å². The highest BCUT2D eigenvalue weighted by atomic mass is 32.1. The van der Waals surface area contributed by atoms with Crippen LogP contribution in [-0.4, -0.2) is 20.9 Å². The smallest absolute Gasteiger partial charge is 0.264 e. The van der Waals surface area contributed by atoms with Crippen LogP contribution in [0.3, 0.4) is 0 Å². The van der Waals surface area contributed by atoms with Crippen LogP contribution in [0.1, 0.15) is 21.6 Å². The van der Waals surface area contributed by atoms with E-state index in [0.717, 1.165) is 10.4 Å². The lowest BCUT2D eigenvalue weighted by Gasteiger charge is -2.10. The summed E-state index contributed by atoms with van der Waals surface area (Å²) in [4.78, 5) is 19.9. The third-order valence-electron chi connectivity index (χ3n) is 4.00. The number of rotatable bonds is 3. The van der Waals surface area contributed by atoms with Gasteiger partial charge in [0, 0.05) is 11.1 Å². The van der Waals surface area contributed by atoms with Crippen LogP contribution in [-0.2, 0) is 0 Å². The SMILES string of the molecule is Cc1sc(N=Cc2c(O)n(-c3ccc(F)cc3)c(=S)[nH]c2=O)c(C#N)c1C. The molecule has 0 saturated carbocycles. The number of benzene rings is 1. The van der Waals surface area contributed by atoms with Gasteiger partial charge >= 0.3 is 0 Å². The van der Waals surface area contributed by atoms with Crippen molar-refractivity contribution in [2.24, 2.45) is 4.99 Å². The molecule has 3 aromatic rings. The summed E-state index contributed by atoms with van der Waals surface area (Å²) in [5.74, 6) is -0.869. The summed E-state index contributed by atoms with van der Waals surface area (Å²) in [6.45, 7) is 3.70. The van der Waals surface area contributed by atoms with Crippen LogP contribution in [0.25, 0.3) is 5.69 Å². The van der Waals surface area contributed by atoms with Gasteiger partial charge < -0.3 is 5.11 Å². The molecule has 0 atom stereocenters. The van der Waals surface area contributed by atoms with Crippen molar-refractivity contribution in [2.45, 2.75) is 13.8 Å². The lowest BCUT2D eigenvalue weighted by Crippen LogP contribution is -2.18. The number of halogens is 1. The molecular weight excluding hydrogens is 387 g/mol. The van der Waals surface area contributed by atoms with Gasteiger partial charge in [-0.3, -0.25) is 14.3 Å². The second-order valence-corrected chi connectivity index (χ2v) is 7.23. The number of thiophene rings is 1. The van der Waals surface area contributed by atoms with Crippen LogP contribution in [0.4, 0.5) is 9.39 Å². The fourth-order valence-electron chi connectivity index (χ4n) is 2.44. The van der Waals surface area contributed by atoms with E-state index in [-0.39, 0.29) is 10.3 Å². The van der Waals surface area contributed by atoms with Crippen LogP contribution in [0.5, 0.6) is 5.88 Å². The molecule has 3 rings (SSSR count). The molecule has 0 bridgehead atoms. The van der Waals surface area contributed by atoms with Gasteiger partial charge in [-0.15, -0.1) is 11.3 Å². The minimum absolute atomic E-state index is 0.0400. The number of aromatic amines is 1. The van der Waals surface area contributed by atoms with Crippen LogP contribution < -0.4 is 5.56 Å². The minimum Gasteiger partial charge on any atom is -0.494 e. The van der Waals surface area contributed by atoms with Crippen molar-refractivity contribution in [3.8, 4) is 17.6 Å². The topological polar surface area (TPSA) is 94.2 Å². The number of hydrogen-bond acceptors (Lipinski definition) is 6. The summed E-state index contributed by atoms with van der Waals surface area (Å²) in [5.41, 5.74) is 0.889. The summed E-state index contributed by atoms with van der Waals surface area (Å²) < 4.78 is 14.3. The molecule has 0 aliphatic carbocycles. The Bertz CT molecular complexity index is 1210. The second-order valence-electron chi connectivity index (χ2n) is 5.64. The van der Waals surface area contributed by atoms with Gasteiger partial charge in [-0.2, -0.15) is 5.26 Å². The zero-order valence-electron chi connectivity index (χ0n) is 14.3. The molecule has 0 aliphatic heterocycles. The molecule has 136 valence electrons. The first-order valence-electron chi connectivity index (χ1n) is 7.72. The number of aromatic nitrogens is 2. The number of H-pyrrole nitrogens is 1. The van der Waals surface area contributed by atoms with Gasteiger partial charge in [0.05, 0.1) is 11.3 Å². The van der Waals surface area contributed by atoms with Crippen molar-refractivity contribution in [3.05, 3.63) is 66.8 Å². The molecular formula is C18H13FN4O2S2. The first-order chi connectivity index (χ1) is 12.8. The van der Waals surface area contributed by atoms with Gasteiger partial charge in [0.15, 0.2) is 4.77 Å². The molecule has 0 radical (unpaired) electrons. The molecule has 27 heavy (non-hydrogen) atoms. The van der Waals surface area contributed by atoms with Gasteiger partial charge in [-0.1, -0.05) is 0 Å². The predicted molar refractivity (Wildman–Crippen MR) is 105 cm³/mol. The van der Waals surface area contributed by atoms with Gasteiger partial charge in [0.1, 0.15) is 22.5 Å². The molecule has 9 heteroatoms. The normalized spacial score (nSPS) is 11.0. The van der Waals surface area contributed by atoms with Gasteiger partial charge in [0.2, 0.25) is 5.88 Å². The van der Waals surface area contributed by atoms with Crippen molar-refractivity contribution in [1.82, 2.24) is 9.55 Å². The second kappa shape index (κ2) is 7.26. The maximum absolute atomic E-state index is 13.2. The van der Waals surface area contributed by atoms with E-state index in [1.54, 1.807) is 0 Å². The number of aryl methyl sites for hydroxylation is 1. The molecule has 2 aromatic heterocycles. The standard InChI is InChI=1S/C18H13FN4O2S2/c1-9-10(2)27-16(13(9)7-20)21-8-14-15(24)22-18(26)23(17(14)25)12-5-3-11(19)4-6-12/h3-6,8,25H,1-2H3,(H,22,24,26). The van der Waals surface area contributed by atoms with E-state index in [4.69, 9.17) is 12.2 Å². The lowest BCUT2D eigenvalue weighted by molar-refractivity contribution is 0.432. The van der Waals surface area contributed by atoms with E-state index in [9.17, 15) is 19.6 Å². The number of nitrogens with zero attached hydrogens (tertiary/aromatic N) is 3. The van der Waals surface area contributed by atoms with Gasteiger partial charge in [-0.05, 0) is 55.9 Å². The Labute approximate surface area is 162 Å². The van der Waals surface area contributed by atoms with Crippen molar-refractivity contribution in [2.75, 3.05) is 0 Å². The van der Waals surface area contributed by atoms with E-state index < -0.39 is 17.3 Å². The third kappa shape index (κ3) is 3.45. The van der Waals surface area contributed by atoms with E-state index >= 15 is 0 Å². The average molecular weight is 400 g/mol. The molecule has 0 fully saturated rings. The van der Waals surface area contributed by atoms with E-state index in [2.05, 4.69) is 16.0 Å². The number of hydrogen-bond donors (Lipinski definition) is 2. The Morgan fingerprint density at radius 1 is 1.37 bits per heavy atom. The molecule has 0 aliphatic rings. The van der Waals surface area contributed by atoms with Crippen molar-refractivity contribution >= 4 is 34.8 Å². The first-order valence-corrected chi connectivity index (χ1v) is 8.94. The van der Waals surface area contributed by atoms with E-state index in [0.29, 0.717) is 16.3 Å². The van der Waals surface area contributed by atoms with Crippen LogP contribution >= 0.6 is 23.6 Å². The summed E-state index contributed by atoms with van der Waals surface area (Å²) >= 11 is 6.43. The lowest BCUT2D eigenvalue weighted by atomic mass is 10.2. The van der Waals surface area contributed by atoms with E-state index in [1.807, 2.05) is 13.8 Å². The maximum atomic E-state index is 13.2. The van der Waals surface area contributed by atoms with Crippen molar-refractivity contribution in [1.29, 1.82) is 5.26 Å². The molecule has 2 N–H and O–H groups in total. The summed E-state index contributed by atoms with van der Waals surface area (Å²) in [6.07, 6.45) is 1.19. The highest BCUT2D eigenvalue weighted by Crippen LogP contribution is 2.34. The van der Waals surface area contributed by atoms with Crippen LogP contribution in [0.2, 0.25) is 0 Å². The highest BCUT2D eigenvalue weighted by molar-refractivity contribution is 7.71. The predicted octanol–water partition coefficient (Wildman–Crippen LogP) is 4.04. The molecule has 0 spiro atoms. The minimum atomic E-state index is -0.622. The monoisotopic (exact) mass is 400 g/mol. The quantitative estimate of drug-likeness (QED) is 0.512. The van der Waals surface area contributed by atoms with Crippen LogP contribution in [0.15, 0.2) is 34.1 Å². The summed E-state index contributed by atoms with van der Waals surface area (Å²) in [6, 6.07) is 7.36. The molecule has 1 aromatic carbocycles. The molecule has 0 unspecified atom stereocenters. The Morgan fingerprint density at radius 3 is 2.67 bits per heavy atom. The van der Waals surface area contributed by atoms with Gasteiger partial charge in [-0.25, -0.2) is 9.38 Å². The van der Waals surface area contributed by atoms with E-state index in [1.165, 1.54) is 46.4 Å². The van der Waals surface area contributed by atoms with Crippen molar-refractivity contribution in [3.63, 3.8) is 0 Å². The molecule has 2 heterocycles. The number of aliphatic imine (C=N–C) groups is 1. The zero-order valence-corrected chi connectivity index (χ0v) is 15.9. The fourth-order valence-corrected chi connectivity index (χ4v) is 3.68.